The molecule has 2 rings (SSSR count). The molecule has 0 aliphatic heterocycles. The summed E-state index contributed by atoms with van der Waals surface area (Å²) in [6.07, 6.45) is 0. The van der Waals surface area contributed by atoms with Crippen LogP contribution in [0, 0.1) is 6.92 Å². The van der Waals surface area contributed by atoms with Gasteiger partial charge in [-0.05, 0) is 6.92 Å². The van der Waals surface area contributed by atoms with Crippen molar-refractivity contribution >= 4 is 11.9 Å². The largest absolute Gasteiger partial charge is 0.481 e. The predicted octanol–water partition coefficient (Wildman–Crippen LogP) is 0.108. The van der Waals surface area contributed by atoms with Gasteiger partial charge >= 0.3 is 0 Å². The first-order valence-corrected chi connectivity index (χ1v) is 4.88. The van der Waals surface area contributed by atoms with Crippen molar-refractivity contribution in [2.75, 3.05) is 12.4 Å². The quantitative estimate of drug-likeness (QED) is 0.788. The van der Waals surface area contributed by atoms with Crippen LogP contribution in [0.1, 0.15) is 16.3 Å². The van der Waals surface area contributed by atoms with Crippen molar-refractivity contribution in [1.29, 1.82) is 0 Å². The van der Waals surface area contributed by atoms with E-state index in [0.29, 0.717) is 11.7 Å². The highest BCUT2D eigenvalue weighted by Crippen LogP contribution is 2.12. The number of aromatic nitrogens is 5. The molecule has 2 aromatic rings. The minimum atomic E-state index is -0.386. The van der Waals surface area contributed by atoms with Gasteiger partial charge in [0.25, 0.3) is 5.91 Å². The number of hydrogen-bond acceptors (Lipinski definition) is 5. The maximum absolute atomic E-state index is 11.8. The van der Waals surface area contributed by atoms with E-state index < -0.39 is 0 Å². The van der Waals surface area contributed by atoms with E-state index in [9.17, 15) is 4.79 Å². The average molecular weight is 236 g/mol. The van der Waals surface area contributed by atoms with Gasteiger partial charge in [-0.3, -0.25) is 15.2 Å². The highest BCUT2D eigenvalue weighted by molar-refractivity contribution is 6.02. The normalized spacial score (nSPS) is 10.3. The fourth-order valence-corrected chi connectivity index (χ4v) is 1.32. The van der Waals surface area contributed by atoms with Gasteiger partial charge in [-0.1, -0.05) is 0 Å². The molecule has 0 aliphatic rings. The van der Waals surface area contributed by atoms with E-state index in [1.165, 1.54) is 17.9 Å². The second-order valence-corrected chi connectivity index (χ2v) is 3.39. The van der Waals surface area contributed by atoms with Crippen LogP contribution in [0.2, 0.25) is 0 Å². The lowest BCUT2D eigenvalue weighted by atomic mass is 10.4. The third kappa shape index (κ3) is 2.25. The number of amides is 1. The minimum Gasteiger partial charge on any atom is -0.481 e. The Kier molecular flexibility index (Phi) is 2.77. The van der Waals surface area contributed by atoms with Crippen LogP contribution in [0.15, 0.2) is 6.07 Å². The number of ether oxygens (including phenoxy) is 1. The van der Waals surface area contributed by atoms with Crippen LogP contribution >= 0.6 is 0 Å². The highest BCUT2D eigenvalue weighted by Gasteiger charge is 2.14. The molecule has 0 aromatic carbocycles. The lowest BCUT2D eigenvalue weighted by Gasteiger charge is -1.95. The average Bonchev–Trinajstić information content (AvgIpc) is 2.85. The van der Waals surface area contributed by atoms with Gasteiger partial charge in [0.2, 0.25) is 11.8 Å². The summed E-state index contributed by atoms with van der Waals surface area (Å²) >= 11 is 0. The number of carbonyl (C=O) groups is 1. The maximum atomic E-state index is 11.8. The van der Waals surface area contributed by atoms with E-state index >= 15 is 0 Å². The molecule has 0 spiro atoms. The number of nitrogens with zero attached hydrogens (tertiary/aromatic N) is 4. The lowest BCUT2D eigenvalue weighted by Crippen LogP contribution is -2.14. The van der Waals surface area contributed by atoms with Gasteiger partial charge in [0.05, 0.1) is 7.11 Å². The first-order chi connectivity index (χ1) is 8.10. The van der Waals surface area contributed by atoms with Gasteiger partial charge in [-0.15, -0.1) is 5.10 Å². The first-order valence-electron chi connectivity index (χ1n) is 4.88. The smallest absolute Gasteiger partial charge is 0.278 e. The van der Waals surface area contributed by atoms with Gasteiger partial charge in [0.15, 0.2) is 5.69 Å². The van der Waals surface area contributed by atoms with Crippen LogP contribution in [-0.4, -0.2) is 38.0 Å². The summed E-state index contributed by atoms with van der Waals surface area (Å²) in [4.78, 5) is 15.7. The Hall–Kier alpha value is -2.38. The standard InChI is InChI=1S/C9H12N6O2/c1-5-10-9(13-12-5)11-8(16)6-4-7(17-3)15(2)14-6/h4H,1-3H3,(H2,10,11,12,13,16). The van der Waals surface area contributed by atoms with Crippen LogP contribution in [0.5, 0.6) is 5.88 Å². The van der Waals surface area contributed by atoms with E-state index in [4.69, 9.17) is 4.74 Å². The number of hydrogen-bond donors (Lipinski definition) is 2. The molecular formula is C9H12N6O2. The van der Waals surface area contributed by atoms with Gasteiger partial charge in [0.1, 0.15) is 5.82 Å². The Morgan fingerprint density at radius 3 is 2.88 bits per heavy atom. The summed E-state index contributed by atoms with van der Waals surface area (Å²) in [6, 6.07) is 1.54. The van der Waals surface area contributed by atoms with E-state index in [-0.39, 0.29) is 17.5 Å². The fourth-order valence-electron chi connectivity index (χ4n) is 1.32. The van der Waals surface area contributed by atoms with Crippen molar-refractivity contribution in [1.82, 2.24) is 25.0 Å². The molecular weight excluding hydrogens is 224 g/mol. The Morgan fingerprint density at radius 1 is 1.59 bits per heavy atom. The second kappa shape index (κ2) is 4.24. The molecule has 0 fully saturated rings. The molecule has 0 saturated carbocycles. The topological polar surface area (TPSA) is 97.7 Å². The summed E-state index contributed by atoms with van der Waals surface area (Å²) in [5, 5.41) is 12.9. The summed E-state index contributed by atoms with van der Waals surface area (Å²) in [7, 11) is 3.20. The monoisotopic (exact) mass is 236 g/mol. The van der Waals surface area contributed by atoms with Crippen LogP contribution in [0.4, 0.5) is 5.95 Å². The zero-order valence-corrected chi connectivity index (χ0v) is 9.68. The summed E-state index contributed by atoms with van der Waals surface area (Å²) in [5.41, 5.74) is 0.242. The van der Waals surface area contributed by atoms with Gasteiger partial charge in [-0.25, -0.2) is 4.68 Å². The molecule has 2 heterocycles. The molecule has 8 heteroatoms. The number of nitrogens with one attached hydrogen (secondary N) is 2. The van der Waals surface area contributed by atoms with Crippen molar-refractivity contribution in [3.8, 4) is 5.88 Å². The second-order valence-electron chi connectivity index (χ2n) is 3.39. The molecule has 2 N–H and O–H groups in total. The molecule has 1 amide bonds. The number of H-pyrrole nitrogens is 1. The van der Waals surface area contributed by atoms with Crippen molar-refractivity contribution in [3.05, 3.63) is 17.6 Å². The number of carbonyl (C=O) groups excluding carboxylic acids is 1. The molecule has 2 aromatic heterocycles. The molecule has 0 bridgehead atoms. The number of methoxy groups -OCH3 is 1. The maximum Gasteiger partial charge on any atom is 0.278 e. The molecule has 0 radical (unpaired) electrons. The summed E-state index contributed by atoms with van der Waals surface area (Å²) in [5.74, 6) is 0.959. The van der Waals surface area contributed by atoms with Crippen molar-refractivity contribution in [2.45, 2.75) is 6.92 Å². The molecule has 90 valence electrons. The highest BCUT2D eigenvalue weighted by atomic mass is 16.5. The summed E-state index contributed by atoms with van der Waals surface area (Å²) < 4.78 is 6.48. The molecule has 0 atom stereocenters. The van der Waals surface area contributed by atoms with Crippen molar-refractivity contribution in [2.24, 2.45) is 7.05 Å². The SMILES string of the molecule is COc1cc(C(=O)Nc2n[nH]c(C)n2)nn1C. The molecule has 0 saturated heterocycles. The Labute approximate surface area is 97.0 Å². The Balaban J connectivity index is 2.14. The number of rotatable bonds is 3. The summed E-state index contributed by atoms with van der Waals surface area (Å²) in [6.45, 7) is 1.74. The number of anilines is 1. The van der Waals surface area contributed by atoms with E-state index in [2.05, 4.69) is 25.6 Å². The number of aryl methyl sites for hydroxylation is 2. The number of aromatic amines is 1. The fraction of sp³-hybridized carbons (Fsp3) is 0.333. The van der Waals surface area contributed by atoms with E-state index in [1.807, 2.05) is 0 Å². The van der Waals surface area contributed by atoms with Crippen LogP contribution < -0.4 is 10.1 Å². The van der Waals surface area contributed by atoms with Crippen LogP contribution in [-0.2, 0) is 7.05 Å². The van der Waals surface area contributed by atoms with Gasteiger partial charge in [0, 0.05) is 13.1 Å². The molecule has 0 unspecified atom stereocenters. The molecule has 8 nitrogen and oxygen atoms in total. The zero-order chi connectivity index (χ0) is 12.4. The Morgan fingerprint density at radius 2 is 2.35 bits per heavy atom. The lowest BCUT2D eigenvalue weighted by molar-refractivity contribution is 0.102. The van der Waals surface area contributed by atoms with E-state index in [1.54, 1.807) is 14.0 Å². The zero-order valence-electron chi connectivity index (χ0n) is 9.68. The van der Waals surface area contributed by atoms with Crippen molar-refractivity contribution < 1.29 is 9.53 Å². The van der Waals surface area contributed by atoms with Crippen LogP contribution in [0.25, 0.3) is 0 Å². The van der Waals surface area contributed by atoms with E-state index in [0.717, 1.165) is 0 Å². The molecule has 17 heavy (non-hydrogen) atoms. The third-order valence-electron chi connectivity index (χ3n) is 2.10. The predicted molar refractivity (Wildman–Crippen MR) is 58.8 cm³/mol. The first kappa shape index (κ1) is 11.1. The van der Waals surface area contributed by atoms with Gasteiger partial charge < -0.3 is 4.74 Å². The van der Waals surface area contributed by atoms with Crippen molar-refractivity contribution in [3.63, 3.8) is 0 Å². The van der Waals surface area contributed by atoms with Gasteiger partial charge in [-0.2, -0.15) is 10.1 Å². The van der Waals surface area contributed by atoms with Crippen LogP contribution in [0.3, 0.4) is 0 Å². The molecule has 0 aliphatic carbocycles. The third-order valence-corrected chi connectivity index (χ3v) is 2.10. The minimum absolute atomic E-state index is 0.220. The Bertz CT molecular complexity index is 543.